The molecule has 0 fully saturated rings. The minimum absolute atomic E-state index is 0.405. The summed E-state index contributed by atoms with van der Waals surface area (Å²) in [6.45, 7) is 7.15. The van der Waals surface area contributed by atoms with E-state index in [1.165, 1.54) is 11.9 Å². The number of nitrogens with zero attached hydrogens (tertiary/aromatic N) is 1. The number of hydroxylamine groups is 1. The number of hydrogen-bond acceptors (Lipinski definition) is 6. The Hall–Kier alpha value is -2.22. The van der Waals surface area contributed by atoms with Crippen LogP contribution in [0.3, 0.4) is 0 Å². The molecule has 0 unspecified atom stereocenters. The summed E-state index contributed by atoms with van der Waals surface area (Å²) < 4.78 is 12.3. The van der Waals surface area contributed by atoms with Crippen LogP contribution in [0.1, 0.15) is 32.8 Å². The Balaban J connectivity index is 1.86. The molecular formula is C22H30N2O4S. The first-order chi connectivity index (χ1) is 13.9. The quantitative estimate of drug-likeness (QED) is 0.331. The summed E-state index contributed by atoms with van der Waals surface area (Å²) in [6.07, 6.45) is 0.314. The molecule has 0 saturated heterocycles. The number of ether oxygens (including phenoxy) is 2. The van der Waals surface area contributed by atoms with Crippen LogP contribution < -0.4 is 10.1 Å². The maximum Gasteiger partial charge on any atom is 0.407 e. The molecule has 0 saturated carbocycles. The molecule has 0 aromatic heterocycles. The second-order valence-electron chi connectivity index (χ2n) is 7.36. The number of carbonyl (C=O) groups excluding carboxylic acids is 1. The number of carbonyl (C=O) groups is 1. The van der Waals surface area contributed by atoms with Crippen LogP contribution in [-0.2, 0) is 16.2 Å². The molecule has 158 valence electrons. The lowest BCUT2D eigenvalue weighted by Crippen LogP contribution is -2.34. The second-order valence-corrected chi connectivity index (χ2v) is 8.43. The number of alkyl carbamates (subject to hydrolysis) is 1. The van der Waals surface area contributed by atoms with Gasteiger partial charge >= 0.3 is 6.09 Å². The Morgan fingerprint density at radius 2 is 1.76 bits per heavy atom. The van der Waals surface area contributed by atoms with Gasteiger partial charge in [-0.15, -0.1) is 4.47 Å². The minimum atomic E-state index is -0.501. The molecule has 2 aromatic carbocycles. The molecule has 1 N–H and O–H groups in total. The van der Waals surface area contributed by atoms with Crippen molar-refractivity contribution in [3.05, 3.63) is 60.2 Å². The van der Waals surface area contributed by atoms with Gasteiger partial charge in [0.1, 0.15) is 11.4 Å². The van der Waals surface area contributed by atoms with Crippen LogP contribution in [0.2, 0.25) is 0 Å². The predicted molar refractivity (Wildman–Crippen MR) is 116 cm³/mol. The predicted octanol–water partition coefficient (Wildman–Crippen LogP) is 5.05. The third-order valence-corrected chi connectivity index (χ3v) is 4.64. The van der Waals surface area contributed by atoms with Crippen molar-refractivity contribution in [1.82, 2.24) is 9.79 Å². The molecular weight excluding hydrogens is 388 g/mol. The van der Waals surface area contributed by atoms with Crippen LogP contribution in [-0.4, -0.2) is 36.4 Å². The number of rotatable bonds is 10. The van der Waals surface area contributed by atoms with Crippen LogP contribution in [0.5, 0.6) is 5.75 Å². The highest BCUT2D eigenvalue weighted by Crippen LogP contribution is 2.26. The first-order valence-corrected chi connectivity index (χ1v) is 10.4. The maximum absolute atomic E-state index is 11.8. The summed E-state index contributed by atoms with van der Waals surface area (Å²) in [6, 6.07) is 17.8. The summed E-state index contributed by atoms with van der Waals surface area (Å²) in [5, 5.41) is 2.78. The minimum Gasteiger partial charge on any atom is -0.497 e. The molecule has 0 spiro atoms. The molecule has 0 aliphatic rings. The molecule has 1 amide bonds. The van der Waals surface area contributed by atoms with Crippen molar-refractivity contribution < 1.29 is 19.1 Å². The molecule has 0 bridgehead atoms. The first kappa shape index (κ1) is 23.1. The Labute approximate surface area is 177 Å². The van der Waals surface area contributed by atoms with Gasteiger partial charge < -0.3 is 14.8 Å². The van der Waals surface area contributed by atoms with E-state index in [1.807, 2.05) is 79.8 Å². The fourth-order valence-electron chi connectivity index (χ4n) is 2.32. The van der Waals surface area contributed by atoms with Gasteiger partial charge in [0.25, 0.3) is 0 Å². The average Bonchev–Trinajstić information content (AvgIpc) is 2.69. The zero-order chi connectivity index (χ0) is 21.1. The second kappa shape index (κ2) is 11.7. The zero-order valence-electron chi connectivity index (χ0n) is 17.5. The Kier molecular flexibility index (Phi) is 9.31. The summed E-state index contributed by atoms with van der Waals surface area (Å²) >= 11 is 1.51. The molecule has 0 atom stereocenters. The van der Waals surface area contributed by atoms with Crippen molar-refractivity contribution in [1.29, 1.82) is 0 Å². The van der Waals surface area contributed by atoms with Gasteiger partial charge in [-0.25, -0.2) is 4.79 Å². The SMILES string of the molecule is COc1ccc(SN(CCCNC(=O)OC(C)(C)C)OCc2ccccc2)cc1. The lowest BCUT2D eigenvalue weighted by atomic mass is 10.2. The lowest BCUT2D eigenvalue weighted by molar-refractivity contribution is -0.0872. The van der Waals surface area contributed by atoms with Crippen LogP contribution in [0.4, 0.5) is 4.79 Å². The van der Waals surface area contributed by atoms with Gasteiger partial charge in [0, 0.05) is 18.0 Å². The summed E-state index contributed by atoms with van der Waals surface area (Å²) in [7, 11) is 1.65. The van der Waals surface area contributed by atoms with Crippen LogP contribution in [0.25, 0.3) is 0 Å². The van der Waals surface area contributed by atoms with Gasteiger partial charge in [-0.1, -0.05) is 30.3 Å². The Morgan fingerprint density at radius 1 is 1.07 bits per heavy atom. The van der Waals surface area contributed by atoms with Crippen molar-refractivity contribution in [3.63, 3.8) is 0 Å². The number of benzene rings is 2. The normalized spacial score (nSPS) is 11.3. The number of hydrogen-bond donors (Lipinski definition) is 1. The van der Waals surface area contributed by atoms with E-state index >= 15 is 0 Å². The molecule has 0 aliphatic heterocycles. The first-order valence-electron chi connectivity index (χ1n) is 9.59. The van der Waals surface area contributed by atoms with E-state index in [4.69, 9.17) is 14.3 Å². The molecule has 2 aromatic rings. The van der Waals surface area contributed by atoms with Crippen molar-refractivity contribution in [2.24, 2.45) is 0 Å². The van der Waals surface area contributed by atoms with Gasteiger partial charge in [-0.2, -0.15) is 0 Å². The maximum atomic E-state index is 11.8. The third kappa shape index (κ3) is 9.69. The lowest BCUT2D eigenvalue weighted by Gasteiger charge is -2.22. The fraction of sp³-hybridized carbons (Fsp3) is 0.409. The van der Waals surface area contributed by atoms with Crippen LogP contribution in [0, 0.1) is 0 Å². The molecule has 6 nitrogen and oxygen atoms in total. The van der Waals surface area contributed by atoms with Gasteiger partial charge in [0.05, 0.1) is 13.7 Å². The summed E-state index contributed by atoms with van der Waals surface area (Å²) in [5.74, 6) is 0.813. The molecule has 0 radical (unpaired) electrons. The third-order valence-electron chi connectivity index (χ3n) is 3.67. The van der Waals surface area contributed by atoms with Gasteiger partial charge in [-0.05, 0) is 69.0 Å². The topological polar surface area (TPSA) is 60.0 Å². The van der Waals surface area contributed by atoms with Crippen molar-refractivity contribution in [2.45, 2.75) is 44.3 Å². The van der Waals surface area contributed by atoms with Crippen molar-refractivity contribution in [3.8, 4) is 5.75 Å². The summed E-state index contributed by atoms with van der Waals surface area (Å²) in [5.41, 5.74) is 0.596. The Morgan fingerprint density at radius 3 is 2.38 bits per heavy atom. The van der Waals surface area contributed by atoms with E-state index in [2.05, 4.69) is 5.32 Å². The number of amides is 1. The van der Waals surface area contributed by atoms with E-state index in [9.17, 15) is 4.79 Å². The van der Waals surface area contributed by atoms with Gasteiger partial charge in [0.2, 0.25) is 0 Å². The molecule has 29 heavy (non-hydrogen) atoms. The monoisotopic (exact) mass is 418 g/mol. The van der Waals surface area contributed by atoms with Crippen molar-refractivity contribution >= 4 is 18.0 Å². The molecule has 0 aliphatic carbocycles. The largest absolute Gasteiger partial charge is 0.497 e. The number of nitrogens with one attached hydrogen (secondary N) is 1. The molecule has 7 heteroatoms. The highest BCUT2D eigenvalue weighted by atomic mass is 32.2. The van der Waals surface area contributed by atoms with Crippen LogP contribution >= 0.6 is 11.9 Å². The summed E-state index contributed by atoms with van der Waals surface area (Å²) in [4.78, 5) is 18.8. The zero-order valence-corrected chi connectivity index (χ0v) is 18.3. The number of methoxy groups -OCH3 is 1. The van der Waals surface area contributed by atoms with Crippen LogP contribution in [0.15, 0.2) is 59.5 Å². The van der Waals surface area contributed by atoms with Gasteiger partial charge in [0.15, 0.2) is 0 Å². The smallest absolute Gasteiger partial charge is 0.407 e. The van der Waals surface area contributed by atoms with E-state index < -0.39 is 11.7 Å². The average molecular weight is 419 g/mol. The van der Waals surface area contributed by atoms with Crippen molar-refractivity contribution in [2.75, 3.05) is 20.2 Å². The van der Waals surface area contributed by atoms with E-state index in [0.29, 0.717) is 19.7 Å². The van der Waals surface area contributed by atoms with E-state index in [1.54, 1.807) is 7.11 Å². The molecule has 2 rings (SSSR count). The molecule has 0 heterocycles. The Bertz CT molecular complexity index is 733. The standard InChI is InChI=1S/C22H30N2O4S/c1-22(2,3)28-21(25)23-15-8-16-24(27-17-18-9-6-5-7-10-18)29-20-13-11-19(26-4)12-14-20/h5-7,9-14H,8,15-17H2,1-4H3,(H,23,25). The highest BCUT2D eigenvalue weighted by molar-refractivity contribution is 7.96. The fourth-order valence-corrected chi connectivity index (χ4v) is 3.14. The van der Waals surface area contributed by atoms with E-state index in [0.717, 1.165) is 22.6 Å². The highest BCUT2D eigenvalue weighted by Gasteiger charge is 2.16. The van der Waals surface area contributed by atoms with E-state index in [-0.39, 0.29) is 0 Å². The van der Waals surface area contributed by atoms with Gasteiger partial charge in [-0.3, -0.25) is 4.84 Å².